The van der Waals surface area contributed by atoms with Crippen molar-refractivity contribution in [3.05, 3.63) is 33.8 Å². The quantitative estimate of drug-likeness (QED) is 0.224. The molecule has 0 fully saturated rings. The molecule has 6 heteroatoms. The van der Waals surface area contributed by atoms with Crippen LogP contribution in [0.4, 0.5) is 0 Å². The zero-order valence-corrected chi connectivity index (χ0v) is 18.3. The van der Waals surface area contributed by atoms with Crippen LogP contribution in [0.25, 0.3) is 0 Å². The summed E-state index contributed by atoms with van der Waals surface area (Å²) in [6, 6.07) is 4.98. The summed E-state index contributed by atoms with van der Waals surface area (Å²) in [4.78, 5) is 23.4. The van der Waals surface area contributed by atoms with Crippen molar-refractivity contribution in [2.45, 2.75) is 84.2 Å². The highest BCUT2D eigenvalue weighted by Crippen LogP contribution is 2.21. The van der Waals surface area contributed by atoms with Crippen LogP contribution in [0.5, 0.6) is 0 Å². The highest BCUT2D eigenvalue weighted by Gasteiger charge is 2.10. The monoisotopic (exact) mass is 430 g/mol. The van der Waals surface area contributed by atoms with Crippen LogP contribution >= 0.6 is 23.2 Å². The number of esters is 2. The summed E-state index contributed by atoms with van der Waals surface area (Å²) in [5, 5.41) is 0.968. The first kappa shape index (κ1) is 24.8. The standard InChI is InChI=1S/C22H32Cl2O4/c1-2-3-4-5-6-7-8-9-10-15-27-21(25)13-14-22(26)28-17-18-11-12-19(23)16-20(18)24/h11-12,16H,2-10,13-15,17H2,1H3. The second-order valence-electron chi connectivity index (χ2n) is 6.95. The molecule has 0 N–H and O–H groups in total. The minimum absolute atomic E-state index is 0.00179. The van der Waals surface area contributed by atoms with Gasteiger partial charge in [0, 0.05) is 15.6 Å². The molecule has 0 unspecified atom stereocenters. The molecule has 0 heterocycles. The Hall–Kier alpha value is -1.26. The van der Waals surface area contributed by atoms with E-state index in [2.05, 4.69) is 6.92 Å². The molecule has 0 spiro atoms. The number of hydrogen-bond acceptors (Lipinski definition) is 4. The molecule has 1 rings (SSSR count). The van der Waals surface area contributed by atoms with Crippen molar-refractivity contribution in [2.75, 3.05) is 6.61 Å². The number of ether oxygens (including phenoxy) is 2. The van der Waals surface area contributed by atoms with Gasteiger partial charge >= 0.3 is 11.9 Å². The Labute approximate surface area is 178 Å². The van der Waals surface area contributed by atoms with Crippen LogP contribution in [0.1, 0.15) is 83.1 Å². The van der Waals surface area contributed by atoms with E-state index in [1.807, 2.05) is 0 Å². The first-order chi connectivity index (χ1) is 13.5. The molecule has 0 saturated heterocycles. The second-order valence-corrected chi connectivity index (χ2v) is 7.79. The predicted octanol–water partition coefficient (Wildman–Crippen LogP) is 6.89. The summed E-state index contributed by atoms with van der Waals surface area (Å²) in [6.07, 6.45) is 11.0. The molecule has 1 aromatic rings. The smallest absolute Gasteiger partial charge is 0.306 e. The Morgan fingerprint density at radius 2 is 1.39 bits per heavy atom. The Morgan fingerprint density at radius 3 is 2.00 bits per heavy atom. The van der Waals surface area contributed by atoms with Gasteiger partial charge in [0.15, 0.2) is 0 Å². The summed E-state index contributed by atoms with van der Waals surface area (Å²) in [7, 11) is 0. The van der Waals surface area contributed by atoms with Crippen molar-refractivity contribution in [2.24, 2.45) is 0 Å². The third-order valence-corrected chi connectivity index (χ3v) is 5.03. The zero-order valence-electron chi connectivity index (χ0n) is 16.8. The molecule has 4 nitrogen and oxygen atoms in total. The van der Waals surface area contributed by atoms with Crippen LogP contribution in [0.3, 0.4) is 0 Å². The molecule has 0 aliphatic rings. The Morgan fingerprint density at radius 1 is 0.821 bits per heavy atom. The van der Waals surface area contributed by atoms with Crippen LogP contribution in [0, 0.1) is 0 Å². The third-order valence-electron chi connectivity index (χ3n) is 4.45. The van der Waals surface area contributed by atoms with Gasteiger partial charge in [-0.05, 0) is 18.6 Å². The summed E-state index contributed by atoms with van der Waals surface area (Å²) in [6.45, 7) is 2.70. The third kappa shape index (κ3) is 12.2. The number of carbonyl (C=O) groups excluding carboxylic acids is 2. The van der Waals surface area contributed by atoms with Crippen LogP contribution in [-0.4, -0.2) is 18.5 Å². The van der Waals surface area contributed by atoms with Gasteiger partial charge in [0.05, 0.1) is 19.4 Å². The van der Waals surface area contributed by atoms with Gasteiger partial charge in [0.2, 0.25) is 0 Å². The van der Waals surface area contributed by atoms with E-state index in [4.69, 9.17) is 32.7 Å². The Balaban J connectivity index is 2.00. The summed E-state index contributed by atoms with van der Waals surface area (Å²) < 4.78 is 10.3. The van der Waals surface area contributed by atoms with Crippen molar-refractivity contribution >= 4 is 35.1 Å². The maximum Gasteiger partial charge on any atom is 0.306 e. The fourth-order valence-corrected chi connectivity index (χ4v) is 3.21. The molecule has 158 valence electrons. The van der Waals surface area contributed by atoms with Crippen molar-refractivity contribution in [3.63, 3.8) is 0 Å². The van der Waals surface area contributed by atoms with Crippen molar-refractivity contribution in [3.8, 4) is 0 Å². The molecule has 0 bridgehead atoms. The number of halogens is 2. The maximum atomic E-state index is 11.7. The lowest BCUT2D eigenvalue weighted by atomic mass is 10.1. The largest absolute Gasteiger partial charge is 0.466 e. The van der Waals surface area contributed by atoms with Gasteiger partial charge < -0.3 is 9.47 Å². The minimum atomic E-state index is -0.453. The van der Waals surface area contributed by atoms with Crippen molar-refractivity contribution in [1.82, 2.24) is 0 Å². The average Bonchev–Trinajstić information content (AvgIpc) is 2.67. The number of unbranched alkanes of at least 4 members (excludes halogenated alkanes) is 8. The molecule has 0 saturated carbocycles. The molecular weight excluding hydrogens is 399 g/mol. The fourth-order valence-electron chi connectivity index (χ4n) is 2.74. The van der Waals surface area contributed by atoms with E-state index in [0.717, 1.165) is 12.8 Å². The SMILES string of the molecule is CCCCCCCCCCCOC(=O)CCC(=O)OCc1ccc(Cl)cc1Cl. The van der Waals surface area contributed by atoms with Gasteiger partial charge in [0.25, 0.3) is 0 Å². The normalized spacial score (nSPS) is 10.7. The van der Waals surface area contributed by atoms with Crippen molar-refractivity contribution in [1.29, 1.82) is 0 Å². The lowest BCUT2D eigenvalue weighted by Gasteiger charge is -2.07. The molecule has 0 radical (unpaired) electrons. The first-order valence-electron chi connectivity index (χ1n) is 10.3. The lowest BCUT2D eigenvalue weighted by molar-refractivity contribution is -0.151. The molecular formula is C22H32Cl2O4. The van der Waals surface area contributed by atoms with E-state index in [1.54, 1.807) is 18.2 Å². The highest BCUT2D eigenvalue weighted by atomic mass is 35.5. The van der Waals surface area contributed by atoms with Gasteiger partial charge in [-0.1, -0.05) is 87.6 Å². The molecule has 0 aromatic heterocycles. The summed E-state index contributed by atoms with van der Waals surface area (Å²) in [5.74, 6) is -0.813. The van der Waals surface area contributed by atoms with Gasteiger partial charge in [-0.2, -0.15) is 0 Å². The highest BCUT2D eigenvalue weighted by molar-refractivity contribution is 6.35. The molecule has 28 heavy (non-hydrogen) atoms. The van der Waals surface area contributed by atoms with E-state index in [9.17, 15) is 9.59 Å². The van der Waals surface area contributed by atoms with Gasteiger partial charge in [-0.3, -0.25) is 9.59 Å². The molecule has 0 atom stereocenters. The maximum absolute atomic E-state index is 11.7. The van der Waals surface area contributed by atoms with E-state index >= 15 is 0 Å². The van der Waals surface area contributed by atoms with Crippen LogP contribution < -0.4 is 0 Å². The van der Waals surface area contributed by atoms with Gasteiger partial charge in [-0.15, -0.1) is 0 Å². The topological polar surface area (TPSA) is 52.6 Å². The van der Waals surface area contributed by atoms with E-state index in [1.165, 1.54) is 44.9 Å². The molecule has 1 aromatic carbocycles. The average molecular weight is 431 g/mol. The van der Waals surface area contributed by atoms with Crippen LogP contribution in [0.15, 0.2) is 18.2 Å². The Bertz CT molecular complexity index is 590. The summed E-state index contributed by atoms with van der Waals surface area (Å²) in [5.41, 5.74) is 0.673. The van der Waals surface area contributed by atoms with Gasteiger partial charge in [-0.25, -0.2) is 0 Å². The lowest BCUT2D eigenvalue weighted by Crippen LogP contribution is -2.11. The zero-order chi connectivity index (χ0) is 20.6. The molecule has 0 amide bonds. The van der Waals surface area contributed by atoms with Crippen molar-refractivity contribution < 1.29 is 19.1 Å². The van der Waals surface area contributed by atoms with Crippen LogP contribution in [0.2, 0.25) is 10.0 Å². The number of benzene rings is 1. The molecule has 0 aliphatic carbocycles. The predicted molar refractivity (Wildman–Crippen MR) is 114 cm³/mol. The number of carbonyl (C=O) groups is 2. The number of hydrogen-bond donors (Lipinski definition) is 0. The van der Waals surface area contributed by atoms with Crippen LogP contribution in [-0.2, 0) is 25.7 Å². The van der Waals surface area contributed by atoms with E-state index in [0.29, 0.717) is 22.2 Å². The minimum Gasteiger partial charge on any atom is -0.466 e. The van der Waals surface area contributed by atoms with E-state index in [-0.39, 0.29) is 25.4 Å². The second kappa shape index (κ2) is 15.6. The van der Waals surface area contributed by atoms with Gasteiger partial charge in [0.1, 0.15) is 6.61 Å². The Kier molecular flexibility index (Phi) is 13.8. The fraction of sp³-hybridized carbons (Fsp3) is 0.636. The van der Waals surface area contributed by atoms with E-state index < -0.39 is 5.97 Å². The first-order valence-corrected chi connectivity index (χ1v) is 11.0. The number of rotatable bonds is 15. The summed E-state index contributed by atoms with van der Waals surface area (Å²) >= 11 is 11.8. The molecule has 0 aliphatic heterocycles.